The molecule has 3 rings (SSSR count). The van der Waals surface area contributed by atoms with Crippen LogP contribution in [-0.2, 0) is 19.8 Å². The van der Waals surface area contributed by atoms with Gasteiger partial charge in [0.1, 0.15) is 7.05 Å². The lowest BCUT2D eigenvalue weighted by atomic mass is 9.87. The molecule has 1 nitrogen and oxygen atoms in total. The van der Waals surface area contributed by atoms with E-state index < -0.39 is 13.2 Å². The minimum absolute atomic E-state index is 0.162. The molecule has 0 fully saturated rings. The van der Waals surface area contributed by atoms with E-state index in [9.17, 15) is 0 Å². The number of fused-ring (bicyclic) bond motifs is 1. The highest BCUT2D eigenvalue weighted by atomic mass is 14.9. The van der Waals surface area contributed by atoms with Gasteiger partial charge in [0.05, 0.1) is 10.9 Å². The third kappa shape index (κ3) is 3.67. The fourth-order valence-corrected chi connectivity index (χ4v) is 3.70. The van der Waals surface area contributed by atoms with Crippen LogP contribution in [0.1, 0.15) is 56.8 Å². The van der Waals surface area contributed by atoms with Crippen LogP contribution in [0.5, 0.6) is 0 Å². The molecule has 1 heterocycles. The summed E-state index contributed by atoms with van der Waals surface area (Å²) < 4.78 is 42.4. The average molecular weight is 352 g/mol. The first-order valence-corrected chi connectivity index (χ1v) is 9.15. The molecule has 0 saturated carbocycles. The normalized spacial score (nSPS) is 15.8. The van der Waals surface area contributed by atoms with Crippen molar-refractivity contribution in [1.82, 2.24) is 0 Å². The summed E-state index contributed by atoms with van der Waals surface area (Å²) in [5.41, 5.74) is 4.44. The van der Waals surface area contributed by atoms with Gasteiger partial charge in [0.25, 0.3) is 0 Å². The van der Waals surface area contributed by atoms with Gasteiger partial charge >= 0.3 is 0 Å². The van der Waals surface area contributed by atoms with E-state index in [-0.39, 0.29) is 11.0 Å². The summed E-state index contributed by atoms with van der Waals surface area (Å²) in [5, 5.41) is 2.12. The van der Waals surface area contributed by atoms with Gasteiger partial charge in [-0.05, 0) is 71.8 Å². The minimum atomic E-state index is -2.31. The lowest BCUT2D eigenvalue weighted by Gasteiger charge is -2.18. The number of aryl methyl sites for hydroxylation is 3. The highest BCUT2D eigenvalue weighted by Crippen LogP contribution is 2.32. The fourth-order valence-electron chi connectivity index (χ4n) is 3.70. The zero-order valence-corrected chi connectivity index (χ0v) is 16.7. The Morgan fingerprint density at radius 2 is 1.88 bits per heavy atom. The van der Waals surface area contributed by atoms with Crippen molar-refractivity contribution in [2.45, 2.75) is 54.3 Å². The molecule has 0 aliphatic carbocycles. The monoisotopic (exact) mass is 351 g/mol. The predicted molar refractivity (Wildman–Crippen MR) is 113 cm³/mol. The van der Waals surface area contributed by atoms with Gasteiger partial charge in [-0.1, -0.05) is 45.9 Å². The molecule has 3 aromatic rings. The van der Waals surface area contributed by atoms with Crippen LogP contribution in [-0.4, -0.2) is 0 Å². The first-order chi connectivity index (χ1) is 14.1. The maximum atomic E-state index is 8.28. The summed E-state index contributed by atoms with van der Waals surface area (Å²) in [6, 6.07) is 11.7. The summed E-state index contributed by atoms with van der Waals surface area (Å²) >= 11 is 0. The first-order valence-electron chi connectivity index (χ1n) is 11.7. The van der Waals surface area contributed by atoms with Crippen molar-refractivity contribution in [3.05, 3.63) is 64.8 Å². The van der Waals surface area contributed by atoms with Crippen LogP contribution in [0, 0.1) is 19.2 Å². The Kier molecular flexibility index (Phi) is 3.46. The summed E-state index contributed by atoms with van der Waals surface area (Å²) in [4.78, 5) is 0. The molecular formula is C25H32N+. The van der Waals surface area contributed by atoms with Crippen LogP contribution in [0.2, 0.25) is 0 Å². The Balaban J connectivity index is 2.33. The molecule has 0 amide bonds. The van der Waals surface area contributed by atoms with Gasteiger partial charge in [-0.2, -0.15) is 0 Å². The number of pyridine rings is 1. The van der Waals surface area contributed by atoms with Crippen molar-refractivity contribution in [2.24, 2.45) is 12.5 Å². The lowest BCUT2D eigenvalue weighted by molar-refractivity contribution is -0.659. The van der Waals surface area contributed by atoms with Gasteiger partial charge in [-0.3, -0.25) is 0 Å². The Morgan fingerprint density at radius 1 is 1.12 bits per heavy atom. The zero-order valence-electron chi connectivity index (χ0n) is 21.7. The molecular weight excluding hydrogens is 314 g/mol. The second-order valence-corrected chi connectivity index (χ2v) is 8.38. The second kappa shape index (κ2) is 6.87. The van der Waals surface area contributed by atoms with Crippen molar-refractivity contribution in [1.29, 1.82) is 0 Å². The minimum Gasteiger partial charge on any atom is -0.200 e. The van der Waals surface area contributed by atoms with Gasteiger partial charge in [0, 0.05) is 12.9 Å². The van der Waals surface area contributed by atoms with Crippen LogP contribution >= 0.6 is 0 Å². The predicted octanol–water partition coefficient (Wildman–Crippen LogP) is 6.10. The molecule has 0 unspecified atom stereocenters. The maximum absolute atomic E-state index is 8.28. The zero-order chi connectivity index (χ0) is 23.4. The molecule has 0 N–H and O–H groups in total. The number of aromatic nitrogens is 1. The highest BCUT2D eigenvalue weighted by Gasteiger charge is 2.20. The summed E-state index contributed by atoms with van der Waals surface area (Å²) in [7, 11) is 1.94. The molecule has 0 spiro atoms. The van der Waals surface area contributed by atoms with Crippen molar-refractivity contribution < 1.29 is 11.4 Å². The Bertz CT molecular complexity index is 1130. The molecule has 136 valence electrons. The van der Waals surface area contributed by atoms with Gasteiger partial charge < -0.3 is 0 Å². The van der Waals surface area contributed by atoms with Crippen molar-refractivity contribution in [3.8, 4) is 11.3 Å². The molecule has 0 atom stereocenters. The van der Waals surface area contributed by atoms with Crippen molar-refractivity contribution in [2.75, 3.05) is 0 Å². The van der Waals surface area contributed by atoms with E-state index in [0.29, 0.717) is 5.56 Å². The number of rotatable bonds is 3. The average Bonchev–Trinajstić information content (AvgIpc) is 2.59. The molecule has 1 heteroatoms. The molecule has 1 aromatic heterocycles. The van der Waals surface area contributed by atoms with Gasteiger partial charge in [-0.25, -0.2) is 4.57 Å². The number of hydrogen-bond donors (Lipinski definition) is 0. The molecule has 0 bridgehead atoms. The highest BCUT2D eigenvalue weighted by molar-refractivity contribution is 5.94. The number of benzene rings is 2. The lowest BCUT2D eigenvalue weighted by Crippen LogP contribution is -2.31. The van der Waals surface area contributed by atoms with E-state index in [1.165, 1.54) is 18.6 Å². The van der Waals surface area contributed by atoms with Crippen molar-refractivity contribution in [3.63, 3.8) is 0 Å². The molecule has 0 aliphatic rings. The topological polar surface area (TPSA) is 3.88 Å². The summed E-state index contributed by atoms with van der Waals surface area (Å²) in [6.45, 7) is 7.70. The van der Waals surface area contributed by atoms with E-state index in [1.54, 1.807) is 6.07 Å². The van der Waals surface area contributed by atoms with E-state index in [4.69, 9.17) is 6.85 Å². The molecule has 0 radical (unpaired) electrons. The molecule has 26 heavy (non-hydrogen) atoms. The van der Waals surface area contributed by atoms with Crippen LogP contribution in [0.3, 0.4) is 0 Å². The van der Waals surface area contributed by atoms with E-state index in [1.807, 2.05) is 24.7 Å². The van der Waals surface area contributed by atoms with E-state index in [2.05, 4.69) is 45.0 Å². The second-order valence-electron chi connectivity index (χ2n) is 8.38. The third-order valence-electron chi connectivity index (χ3n) is 4.87. The Labute approximate surface area is 165 Å². The molecule has 2 aromatic carbocycles. The largest absolute Gasteiger partial charge is 0.220 e. The van der Waals surface area contributed by atoms with Gasteiger partial charge in [-0.15, -0.1) is 0 Å². The smallest absolute Gasteiger partial charge is 0.200 e. The van der Waals surface area contributed by atoms with Gasteiger partial charge in [0.2, 0.25) is 5.69 Å². The van der Waals surface area contributed by atoms with Crippen LogP contribution in [0.25, 0.3) is 22.0 Å². The Morgan fingerprint density at radius 3 is 2.54 bits per heavy atom. The summed E-state index contributed by atoms with van der Waals surface area (Å²) in [5.74, 6) is 0. The summed E-state index contributed by atoms with van der Waals surface area (Å²) in [6.07, 6.45) is 1.30. The SMILES string of the molecule is [2H]C([2H])([2H])c1cc(-c2c3ccc(CC(C)(C)C)cc3cc[n+]2C)c(C)c(C([2H])([2H])C)c1. The quantitative estimate of drug-likeness (QED) is 0.502. The Hall–Kier alpha value is -2.15. The van der Waals surface area contributed by atoms with E-state index in [0.717, 1.165) is 34.0 Å². The van der Waals surface area contributed by atoms with E-state index >= 15 is 0 Å². The van der Waals surface area contributed by atoms with Crippen LogP contribution in [0.4, 0.5) is 0 Å². The number of hydrogen-bond acceptors (Lipinski definition) is 0. The fraction of sp³-hybridized carbons (Fsp3) is 0.400. The molecule has 0 saturated heterocycles. The molecule has 0 aliphatic heterocycles. The number of nitrogens with zero attached hydrogens (tertiary/aromatic N) is 1. The van der Waals surface area contributed by atoms with Crippen LogP contribution in [0.15, 0.2) is 42.6 Å². The standard InChI is InChI=1S/C25H32N/c1-8-20-13-17(2)14-23(18(20)3)24-22-10-9-19(16-25(4,5)6)15-21(22)11-12-26(24)7/h9-15H,8,16H2,1-7H3/q+1/i2D3,8D2. The van der Waals surface area contributed by atoms with Gasteiger partial charge in [0.15, 0.2) is 6.20 Å². The van der Waals surface area contributed by atoms with Crippen molar-refractivity contribution >= 4 is 10.8 Å². The first kappa shape index (κ1) is 13.1. The third-order valence-corrected chi connectivity index (χ3v) is 4.87. The van der Waals surface area contributed by atoms with Crippen LogP contribution < -0.4 is 4.57 Å². The maximum Gasteiger partial charge on any atom is 0.220 e.